The zero-order valence-corrected chi connectivity index (χ0v) is 9.87. The van der Waals surface area contributed by atoms with E-state index in [9.17, 15) is 4.57 Å². The van der Waals surface area contributed by atoms with Gasteiger partial charge in [-0.1, -0.05) is 0 Å². The van der Waals surface area contributed by atoms with Crippen molar-refractivity contribution in [3.63, 3.8) is 0 Å². The first-order valence-corrected chi connectivity index (χ1v) is 6.08. The van der Waals surface area contributed by atoms with Crippen molar-refractivity contribution in [1.29, 1.82) is 0 Å². The zero-order chi connectivity index (χ0) is 12.3. The van der Waals surface area contributed by atoms with Gasteiger partial charge in [-0.25, -0.2) is 4.98 Å². The topological polar surface area (TPSA) is 125 Å². The molecule has 1 rings (SSSR count). The molecule has 0 fully saturated rings. The van der Waals surface area contributed by atoms with Gasteiger partial charge in [0, 0.05) is 6.42 Å². The molecule has 1 heterocycles. The first-order valence-electron chi connectivity index (χ1n) is 4.47. The van der Waals surface area contributed by atoms with Crippen molar-refractivity contribution in [2.75, 3.05) is 14.1 Å². The maximum atomic E-state index is 10.8. The van der Waals surface area contributed by atoms with Crippen LogP contribution >= 0.6 is 7.60 Å². The Hall–Kier alpha value is -0.920. The SMILES string of the molecule is CN(C)C(N)Cc1ncc(P(=O)(O)O)nn1. The molecule has 0 amide bonds. The van der Waals surface area contributed by atoms with Gasteiger partial charge in [-0.3, -0.25) is 9.46 Å². The Balaban J connectivity index is 2.76. The normalized spacial score (nSPS) is 14.1. The molecule has 0 radical (unpaired) electrons. The molecule has 1 aromatic rings. The second kappa shape index (κ2) is 4.94. The highest BCUT2D eigenvalue weighted by Crippen LogP contribution is 2.30. The summed E-state index contributed by atoms with van der Waals surface area (Å²) in [5.41, 5.74) is 5.30. The number of hydrogen-bond donors (Lipinski definition) is 3. The lowest BCUT2D eigenvalue weighted by atomic mass is 10.3. The predicted molar refractivity (Wildman–Crippen MR) is 56.9 cm³/mol. The van der Waals surface area contributed by atoms with Crippen molar-refractivity contribution in [1.82, 2.24) is 20.1 Å². The Morgan fingerprint density at radius 3 is 2.50 bits per heavy atom. The van der Waals surface area contributed by atoms with Gasteiger partial charge >= 0.3 is 7.60 Å². The van der Waals surface area contributed by atoms with Crippen LogP contribution in [0.1, 0.15) is 5.82 Å². The van der Waals surface area contributed by atoms with E-state index in [1.54, 1.807) is 4.90 Å². The molecule has 0 aromatic carbocycles. The smallest absolute Gasteiger partial charge is 0.320 e. The van der Waals surface area contributed by atoms with E-state index in [4.69, 9.17) is 15.5 Å². The third-order valence-corrected chi connectivity index (χ3v) is 2.75. The first-order chi connectivity index (χ1) is 7.30. The van der Waals surface area contributed by atoms with E-state index in [2.05, 4.69) is 15.2 Å². The van der Waals surface area contributed by atoms with Crippen molar-refractivity contribution in [2.24, 2.45) is 5.73 Å². The molecule has 9 heteroatoms. The summed E-state index contributed by atoms with van der Waals surface area (Å²) < 4.78 is 10.8. The van der Waals surface area contributed by atoms with Crippen LogP contribution in [0, 0.1) is 0 Å². The minimum absolute atomic E-state index is 0.261. The highest BCUT2D eigenvalue weighted by atomic mass is 31.2. The molecule has 8 nitrogen and oxygen atoms in total. The van der Waals surface area contributed by atoms with Crippen LogP contribution in [0.3, 0.4) is 0 Å². The quantitative estimate of drug-likeness (QED) is 0.414. The number of nitrogens with two attached hydrogens (primary N) is 1. The van der Waals surface area contributed by atoms with Crippen LogP contribution in [-0.2, 0) is 11.0 Å². The number of nitrogens with zero attached hydrogens (tertiary/aromatic N) is 4. The van der Waals surface area contributed by atoms with Crippen LogP contribution < -0.4 is 11.2 Å². The molecule has 0 aliphatic rings. The fraction of sp³-hybridized carbons (Fsp3) is 0.571. The first kappa shape index (κ1) is 13.1. The van der Waals surface area contributed by atoms with Crippen LogP contribution in [0.25, 0.3) is 0 Å². The number of aromatic nitrogens is 3. The summed E-state index contributed by atoms with van der Waals surface area (Å²) in [6, 6.07) is 0. The Morgan fingerprint density at radius 2 is 2.12 bits per heavy atom. The summed E-state index contributed by atoms with van der Waals surface area (Å²) in [5, 5.41) is 7.02. The van der Waals surface area contributed by atoms with Gasteiger partial charge in [0.25, 0.3) is 0 Å². The van der Waals surface area contributed by atoms with Crippen molar-refractivity contribution >= 4 is 13.0 Å². The number of hydrogen-bond acceptors (Lipinski definition) is 6. The van der Waals surface area contributed by atoms with Crippen molar-refractivity contribution in [2.45, 2.75) is 12.6 Å². The van der Waals surface area contributed by atoms with E-state index in [1.165, 1.54) is 0 Å². The summed E-state index contributed by atoms with van der Waals surface area (Å²) in [5.74, 6) is 0.346. The lowest BCUT2D eigenvalue weighted by Crippen LogP contribution is -2.38. The largest absolute Gasteiger partial charge is 0.377 e. The molecule has 0 bridgehead atoms. The molecule has 0 saturated heterocycles. The van der Waals surface area contributed by atoms with Crippen LogP contribution in [-0.4, -0.2) is 50.1 Å². The van der Waals surface area contributed by atoms with Crippen LogP contribution in [0.5, 0.6) is 0 Å². The minimum atomic E-state index is -4.37. The van der Waals surface area contributed by atoms with Gasteiger partial charge in [-0.05, 0) is 14.1 Å². The minimum Gasteiger partial charge on any atom is -0.320 e. The number of rotatable bonds is 4. The van der Waals surface area contributed by atoms with Crippen LogP contribution in [0.4, 0.5) is 0 Å². The zero-order valence-electron chi connectivity index (χ0n) is 8.98. The van der Waals surface area contributed by atoms with E-state index < -0.39 is 13.0 Å². The van der Waals surface area contributed by atoms with E-state index >= 15 is 0 Å². The lowest BCUT2D eigenvalue weighted by molar-refractivity contribution is 0.294. The summed E-state index contributed by atoms with van der Waals surface area (Å²) in [6.07, 6.45) is 1.12. The highest BCUT2D eigenvalue weighted by Gasteiger charge is 2.20. The highest BCUT2D eigenvalue weighted by molar-refractivity contribution is 7.59. The molecule has 1 aromatic heterocycles. The molecule has 1 unspecified atom stereocenters. The van der Waals surface area contributed by atoms with Crippen molar-refractivity contribution in [3.8, 4) is 0 Å². The lowest BCUT2D eigenvalue weighted by Gasteiger charge is -2.18. The fourth-order valence-electron chi connectivity index (χ4n) is 0.889. The van der Waals surface area contributed by atoms with E-state index in [1.807, 2.05) is 14.1 Å². The molecule has 4 N–H and O–H groups in total. The summed E-state index contributed by atoms with van der Waals surface area (Å²) in [4.78, 5) is 23.1. The van der Waals surface area contributed by atoms with Gasteiger partial charge in [-0.2, -0.15) is 0 Å². The molecule has 90 valence electrons. The summed E-state index contributed by atoms with van der Waals surface area (Å²) in [6.45, 7) is 0. The molecule has 0 saturated carbocycles. The molecule has 1 atom stereocenters. The summed E-state index contributed by atoms with van der Waals surface area (Å²) >= 11 is 0. The standard InChI is InChI=1S/C7H14N5O3P/c1-12(2)5(8)3-6-9-4-7(11-10-6)16(13,14)15/h4-5H,3,8H2,1-2H3,(H2,13,14,15). The van der Waals surface area contributed by atoms with Crippen LogP contribution in [0.2, 0.25) is 0 Å². The average molecular weight is 247 g/mol. The molecule has 16 heavy (non-hydrogen) atoms. The Bertz CT molecular complexity index is 390. The van der Waals surface area contributed by atoms with Crippen LogP contribution in [0.15, 0.2) is 6.20 Å². The second-order valence-electron chi connectivity index (χ2n) is 3.51. The van der Waals surface area contributed by atoms with Crippen molar-refractivity contribution < 1.29 is 14.4 Å². The third kappa shape index (κ3) is 3.58. The Morgan fingerprint density at radius 1 is 1.50 bits per heavy atom. The van der Waals surface area contributed by atoms with E-state index in [-0.39, 0.29) is 6.17 Å². The molecular formula is C7H14N5O3P. The average Bonchev–Trinajstić information content (AvgIpc) is 2.17. The van der Waals surface area contributed by atoms with Gasteiger partial charge in [0.2, 0.25) is 0 Å². The molecule has 0 aliphatic carbocycles. The van der Waals surface area contributed by atoms with Gasteiger partial charge in [0.1, 0.15) is 0 Å². The van der Waals surface area contributed by atoms with E-state index in [0.717, 1.165) is 6.20 Å². The van der Waals surface area contributed by atoms with Gasteiger partial charge in [0.15, 0.2) is 11.3 Å². The predicted octanol–water partition coefficient (Wildman–Crippen LogP) is -1.94. The Labute approximate surface area is 92.7 Å². The maximum Gasteiger partial charge on any atom is 0.377 e. The summed E-state index contributed by atoms with van der Waals surface area (Å²) in [7, 11) is -0.754. The maximum absolute atomic E-state index is 10.8. The van der Waals surface area contributed by atoms with E-state index in [0.29, 0.717) is 12.2 Å². The molecule has 0 aliphatic heterocycles. The van der Waals surface area contributed by atoms with Gasteiger partial charge in [-0.15, -0.1) is 10.2 Å². The number of likely N-dealkylation sites (N-methyl/N-ethyl adjacent to an activating group) is 1. The van der Waals surface area contributed by atoms with Gasteiger partial charge < -0.3 is 15.5 Å². The third-order valence-electron chi connectivity index (χ3n) is 1.95. The van der Waals surface area contributed by atoms with Gasteiger partial charge in [0.05, 0.1) is 12.4 Å². The monoisotopic (exact) mass is 247 g/mol. The Kier molecular flexibility index (Phi) is 4.06. The molecule has 0 spiro atoms. The fourth-order valence-corrected chi connectivity index (χ4v) is 1.26. The molecular weight excluding hydrogens is 233 g/mol. The second-order valence-corrected chi connectivity index (χ2v) is 5.06. The van der Waals surface area contributed by atoms with Crippen molar-refractivity contribution in [3.05, 3.63) is 12.0 Å².